The number of alkyl halides is 1. The lowest BCUT2D eigenvalue weighted by atomic mass is 9.73. The molecule has 0 aromatic rings. The van der Waals surface area contributed by atoms with Crippen molar-refractivity contribution in [3.63, 3.8) is 0 Å². The van der Waals surface area contributed by atoms with E-state index >= 15 is 0 Å². The van der Waals surface area contributed by atoms with Crippen molar-refractivity contribution in [2.45, 2.75) is 58.8 Å². The second kappa shape index (κ2) is 5.38. The maximum Gasteiger partial charge on any atom is 0.00878 e. The predicted molar refractivity (Wildman–Crippen MR) is 63.4 cm³/mol. The summed E-state index contributed by atoms with van der Waals surface area (Å²) in [6.07, 6.45) is 10.1. The van der Waals surface area contributed by atoms with Gasteiger partial charge in [0.1, 0.15) is 0 Å². The second-order valence-corrected chi connectivity index (χ2v) is 5.39. The summed E-state index contributed by atoms with van der Waals surface area (Å²) in [5.74, 6) is 0.972. The molecule has 0 aromatic heterocycles. The molecule has 1 heteroatoms. The summed E-state index contributed by atoms with van der Waals surface area (Å²) in [5.41, 5.74) is 0.560. The zero-order valence-corrected chi connectivity index (χ0v) is 10.7. The van der Waals surface area contributed by atoms with E-state index in [1.807, 2.05) is 0 Å². The molecule has 1 saturated carbocycles. The molecule has 0 nitrogen and oxygen atoms in total. The minimum atomic E-state index is 0.560. The zero-order valence-electron chi connectivity index (χ0n) is 9.11. The highest BCUT2D eigenvalue weighted by atomic mass is 79.9. The Morgan fingerprint density at radius 1 is 1.15 bits per heavy atom. The van der Waals surface area contributed by atoms with Crippen molar-refractivity contribution in [2.24, 2.45) is 11.3 Å². The minimum absolute atomic E-state index is 0.560. The second-order valence-electron chi connectivity index (χ2n) is 4.83. The molecule has 78 valence electrons. The van der Waals surface area contributed by atoms with Crippen LogP contribution in [0.5, 0.6) is 0 Å². The molecule has 0 N–H and O–H groups in total. The Bertz CT molecular complexity index is 130. The van der Waals surface area contributed by atoms with Crippen molar-refractivity contribution in [1.29, 1.82) is 0 Å². The van der Waals surface area contributed by atoms with Gasteiger partial charge >= 0.3 is 0 Å². The Morgan fingerprint density at radius 2 is 1.69 bits per heavy atom. The Hall–Kier alpha value is 0.480. The van der Waals surface area contributed by atoms with Crippen LogP contribution in [0.3, 0.4) is 0 Å². The molecule has 1 atom stereocenters. The Labute approximate surface area is 91.6 Å². The molecule has 0 saturated heterocycles. The third-order valence-electron chi connectivity index (χ3n) is 3.95. The van der Waals surface area contributed by atoms with E-state index in [-0.39, 0.29) is 0 Å². The fourth-order valence-corrected chi connectivity index (χ4v) is 3.32. The van der Waals surface area contributed by atoms with E-state index in [1.54, 1.807) is 0 Å². The van der Waals surface area contributed by atoms with Gasteiger partial charge in [-0.2, -0.15) is 0 Å². The zero-order chi connectivity index (χ0) is 9.73. The van der Waals surface area contributed by atoms with E-state index < -0.39 is 0 Å². The summed E-state index contributed by atoms with van der Waals surface area (Å²) < 4.78 is 0. The molecule has 1 rings (SSSR count). The average Bonchev–Trinajstić information content (AvgIpc) is 2.45. The van der Waals surface area contributed by atoms with E-state index in [0.29, 0.717) is 5.41 Å². The molecular weight excluding hydrogens is 224 g/mol. The molecule has 0 spiro atoms. The van der Waals surface area contributed by atoms with Gasteiger partial charge < -0.3 is 0 Å². The van der Waals surface area contributed by atoms with Crippen LogP contribution in [0, 0.1) is 11.3 Å². The highest BCUT2D eigenvalue weighted by Gasteiger charge is 2.31. The van der Waals surface area contributed by atoms with Crippen LogP contribution >= 0.6 is 15.9 Å². The van der Waals surface area contributed by atoms with E-state index in [4.69, 9.17) is 0 Å². The SMILES string of the molecule is CCC(C)(CBr)C1CCCCCC1. The van der Waals surface area contributed by atoms with E-state index in [0.717, 1.165) is 5.92 Å². The van der Waals surface area contributed by atoms with Crippen LogP contribution in [-0.2, 0) is 0 Å². The lowest BCUT2D eigenvalue weighted by molar-refractivity contribution is 0.190. The summed E-state index contributed by atoms with van der Waals surface area (Å²) in [4.78, 5) is 0. The lowest BCUT2D eigenvalue weighted by Gasteiger charge is -2.35. The molecular formula is C12H23Br. The topological polar surface area (TPSA) is 0 Å². The molecule has 1 unspecified atom stereocenters. The summed E-state index contributed by atoms with van der Waals surface area (Å²) >= 11 is 3.69. The first-order valence-corrected chi connectivity index (χ1v) is 6.91. The normalized spacial score (nSPS) is 25.2. The Morgan fingerprint density at radius 3 is 2.08 bits per heavy atom. The van der Waals surface area contributed by atoms with Crippen LogP contribution in [0.25, 0.3) is 0 Å². The highest BCUT2D eigenvalue weighted by molar-refractivity contribution is 9.09. The first kappa shape index (κ1) is 11.6. The van der Waals surface area contributed by atoms with Gasteiger partial charge in [-0.25, -0.2) is 0 Å². The van der Waals surface area contributed by atoms with Gasteiger partial charge in [-0.15, -0.1) is 0 Å². The summed E-state index contributed by atoms with van der Waals surface area (Å²) in [5, 5.41) is 1.18. The van der Waals surface area contributed by atoms with Crippen LogP contribution in [-0.4, -0.2) is 5.33 Å². The Kier molecular flexibility index (Phi) is 4.78. The van der Waals surface area contributed by atoms with Gasteiger partial charge in [-0.1, -0.05) is 55.5 Å². The van der Waals surface area contributed by atoms with Crippen LogP contribution in [0.1, 0.15) is 58.8 Å². The van der Waals surface area contributed by atoms with Gasteiger partial charge in [0.2, 0.25) is 0 Å². The number of hydrogen-bond acceptors (Lipinski definition) is 0. The van der Waals surface area contributed by atoms with E-state index in [2.05, 4.69) is 29.8 Å². The van der Waals surface area contributed by atoms with Crippen molar-refractivity contribution >= 4 is 15.9 Å². The highest BCUT2D eigenvalue weighted by Crippen LogP contribution is 2.41. The smallest absolute Gasteiger partial charge is 0.00878 e. The minimum Gasteiger partial charge on any atom is -0.0922 e. The van der Waals surface area contributed by atoms with Gasteiger partial charge in [0.15, 0.2) is 0 Å². The van der Waals surface area contributed by atoms with Crippen molar-refractivity contribution in [1.82, 2.24) is 0 Å². The van der Waals surface area contributed by atoms with Crippen molar-refractivity contribution < 1.29 is 0 Å². The fourth-order valence-electron chi connectivity index (χ4n) is 2.47. The Balaban J connectivity index is 2.55. The molecule has 13 heavy (non-hydrogen) atoms. The first-order valence-electron chi connectivity index (χ1n) is 5.79. The number of hydrogen-bond donors (Lipinski definition) is 0. The standard InChI is InChI=1S/C12H23Br/c1-3-12(2,10-13)11-8-6-4-5-7-9-11/h11H,3-10H2,1-2H3. The van der Waals surface area contributed by atoms with Gasteiger partial charge in [0, 0.05) is 5.33 Å². The van der Waals surface area contributed by atoms with E-state index in [1.165, 1.54) is 50.3 Å². The molecule has 0 heterocycles. The number of rotatable bonds is 3. The van der Waals surface area contributed by atoms with Crippen LogP contribution in [0.15, 0.2) is 0 Å². The molecule has 0 amide bonds. The quantitative estimate of drug-likeness (QED) is 0.498. The maximum absolute atomic E-state index is 3.69. The average molecular weight is 247 g/mol. The van der Waals surface area contributed by atoms with Crippen LogP contribution in [0.2, 0.25) is 0 Å². The van der Waals surface area contributed by atoms with Crippen molar-refractivity contribution in [3.8, 4) is 0 Å². The van der Waals surface area contributed by atoms with Gasteiger partial charge in [-0.3, -0.25) is 0 Å². The number of halogens is 1. The molecule has 0 aliphatic heterocycles. The molecule has 1 fully saturated rings. The van der Waals surface area contributed by atoms with Crippen LogP contribution in [0.4, 0.5) is 0 Å². The lowest BCUT2D eigenvalue weighted by Crippen LogP contribution is -2.28. The van der Waals surface area contributed by atoms with Gasteiger partial charge in [0.05, 0.1) is 0 Å². The molecule has 1 aliphatic carbocycles. The summed E-state index contributed by atoms with van der Waals surface area (Å²) in [7, 11) is 0. The van der Waals surface area contributed by atoms with Gasteiger partial charge in [-0.05, 0) is 30.6 Å². The monoisotopic (exact) mass is 246 g/mol. The maximum atomic E-state index is 3.69. The van der Waals surface area contributed by atoms with Crippen LogP contribution < -0.4 is 0 Å². The third kappa shape index (κ3) is 2.97. The molecule has 0 aromatic carbocycles. The third-order valence-corrected chi connectivity index (χ3v) is 5.23. The fraction of sp³-hybridized carbons (Fsp3) is 1.00. The largest absolute Gasteiger partial charge is 0.0922 e. The molecule has 0 bridgehead atoms. The summed E-state index contributed by atoms with van der Waals surface area (Å²) in [6.45, 7) is 4.80. The van der Waals surface area contributed by atoms with Gasteiger partial charge in [0.25, 0.3) is 0 Å². The summed E-state index contributed by atoms with van der Waals surface area (Å²) in [6, 6.07) is 0. The first-order chi connectivity index (χ1) is 6.23. The predicted octanol–water partition coefficient (Wildman–Crippen LogP) is 4.77. The molecule has 0 radical (unpaired) electrons. The van der Waals surface area contributed by atoms with Crippen molar-refractivity contribution in [2.75, 3.05) is 5.33 Å². The van der Waals surface area contributed by atoms with Crippen molar-refractivity contribution in [3.05, 3.63) is 0 Å². The molecule has 1 aliphatic rings. The van der Waals surface area contributed by atoms with E-state index in [9.17, 15) is 0 Å².